The van der Waals surface area contributed by atoms with Crippen molar-refractivity contribution in [1.29, 1.82) is 0 Å². The Hall–Kier alpha value is -3.67. The SMILES string of the molecule is O=C(NCc1ccc(Cn2ccnc2)cc1)c1c[nH]c2ccccc2c1=O. The molecule has 0 bridgehead atoms. The smallest absolute Gasteiger partial charge is 0.257 e. The lowest BCUT2D eigenvalue weighted by molar-refractivity contribution is 0.0949. The summed E-state index contributed by atoms with van der Waals surface area (Å²) in [5.74, 6) is -0.385. The normalized spacial score (nSPS) is 10.8. The monoisotopic (exact) mass is 358 g/mol. The van der Waals surface area contributed by atoms with E-state index in [1.54, 1.807) is 24.7 Å². The van der Waals surface area contributed by atoms with Crippen LogP contribution in [-0.4, -0.2) is 20.4 Å². The molecule has 4 rings (SSSR count). The highest BCUT2D eigenvalue weighted by atomic mass is 16.2. The van der Waals surface area contributed by atoms with Crippen LogP contribution in [0.1, 0.15) is 21.5 Å². The molecule has 27 heavy (non-hydrogen) atoms. The number of para-hydroxylation sites is 1. The predicted molar refractivity (Wildman–Crippen MR) is 104 cm³/mol. The van der Waals surface area contributed by atoms with Gasteiger partial charge in [0.1, 0.15) is 5.56 Å². The van der Waals surface area contributed by atoms with Gasteiger partial charge in [-0.2, -0.15) is 0 Å². The highest BCUT2D eigenvalue weighted by Gasteiger charge is 2.12. The summed E-state index contributed by atoms with van der Waals surface area (Å²) in [6.45, 7) is 1.11. The van der Waals surface area contributed by atoms with Crippen LogP contribution in [-0.2, 0) is 13.1 Å². The van der Waals surface area contributed by atoms with Crippen molar-refractivity contribution >= 4 is 16.8 Å². The van der Waals surface area contributed by atoms with Gasteiger partial charge in [0.2, 0.25) is 5.43 Å². The molecule has 0 saturated carbocycles. The van der Waals surface area contributed by atoms with E-state index in [1.807, 2.05) is 47.2 Å². The second kappa shape index (κ2) is 7.29. The molecular weight excluding hydrogens is 340 g/mol. The minimum atomic E-state index is -0.385. The van der Waals surface area contributed by atoms with Crippen molar-refractivity contribution in [1.82, 2.24) is 19.9 Å². The zero-order chi connectivity index (χ0) is 18.6. The summed E-state index contributed by atoms with van der Waals surface area (Å²) in [5, 5.41) is 3.32. The Bertz CT molecular complexity index is 1130. The summed E-state index contributed by atoms with van der Waals surface area (Å²) >= 11 is 0. The molecule has 0 atom stereocenters. The third-order valence-corrected chi connectivity index (χ3v) is 4.43. The molecule has 0 fully saturated rings. The van der Waals surface area contributed by atoms with Crippen LogP contribution in [0.25, 0.3) is 10.9 Å². The van der Waals surface area contributed by atoms with Crippen molar-refractivity contribution in [3.8, 4) is 0 Å². The summed E-state index contributed by atoms with van der Waals surface area (Å²) in [7, 11) is 0. The minimum absolute atomic E-state index is 0.116. The number of aromatic amines is 1. The van der Waals surface area contributed by atoms with E-state index in [1.165, 1.54) is 6.20 Å². The summed E-state index contributed by atoms with van der Waals surface area (Å²) < 4.78 is 1.99. The van der Waals surface area contributed by atoms with Crippen LogP contribution in [0.2, 0.25) is 0 Å². The average molecular weight is 358 g/mol. The largest absolute Gasteiger partial charge is 0.360 e. The Morgan fingerprint density at radius 3 is 2.63 bits per heavy atom. The molecule has 0 saturated heterocycles. The number of nitrogens with one attached hydrogen (secondary N) is 2. The number of carbonyl (C=O) groups is 1. The average Bonchev–Trinajstić information content (AvgIpc) is 3.21. The van der Waals surface area contributed by atoms with Crippen LogP contribution >= 0.6 is 0 Å². The molecule has 0 unspecified atom stereocenters. The minimum Gasteiger partial charge on any atom is -0.360 e. The van der Waals surface area contributed by atoms with Crippen molar-refractivity contribution in [3.05, 3.63) is 100 Å². The molecule has 0 aliphatic rings. The number of hydrogen-bond donors (Lipinski definition) is 2. The standard InChI is InChI=1S/C21H18N4O2/c26-20-17-3-1-2-4-19(17)23-12-18(20)21(27)24-11-15-5-7-16(8-6-15)13-25-10-9-22-14-25/h1-10,12,14H,11,13H2,(H,23,26)(H,24,27). The van der Waals surface area contributed by atoms with Gasteiger partial charge in [0.25, 0.3) is 5.91 Å². The molecule has 0 aliphatic carbocycles. The Kier molecular flexibility index (Phi) is 4.53. The Morgan fingerprint density at radius 2 is 1.85 bits per heavy atom. The van der Waals surface area contributed by atoms with Crippen LogP contribution in [0.3, 0.4) is 0 Å². The van der Waals surface area contributed by atoms with Gasteiger partial charge in [-0.3, -0.25) is 9.59 Å². The maximum atomic E-state index is 12.5. The van der Waals surface area contributed by atoms with Crippen molar-refractivity contribution in [2.75, 3.05) is 0 Å². The number of hydrogen-bond acceptors (Lipinski definition) is 3. The summed E-state index contributed by atoms with van der Waals surface area (Å²) in [6, 6.07) is 15.1. The number of nitrogens with zero attached hydrogens (tertiary/aromatic N) is 2. The fraction of sp³-hybridized carbons (Fsp3) is 0.0952. The van der Waals surface area contributed by atoms with E-state index in [0.717, 1.165) is 17.7 Å². The first-order chi connectivity index (χ1) is 13.2. The van der Waals surface area contributed by atoms with E-state index in [2.05, 4.69) is 15.3 Å². The lowest BCUT2D eigenvalue weighted by Crippen LogP contribution is -2.28. The van der Waals surface area contributed by atoms with Crippen molar-refractivity contribution in [3.63, 3.8) is 0 Å². The van der Waals surface area contributed by atoms with E-state index in [4.69, 9.17) is 0 Å². The number of fused-ring (bicyclic) bond motifs is 1. The fourth-order valence-electron chi connectivity index (χ4n) is 2.97. The number of benzene rings is 2. The number of pyridine rings is 1. The Balaban J connectivity index is 1.43. The fourth-order valence-corrected chi connectivity index (χ4v) is 2.97. The highest BCUT2D eigenvalue weighted by Crippen LogP contribution is 2.08. The van der Waals surface area contributed by atoms with Crippen molar-refractivity contribution in [2.45, 2.75) is 13.1 Å². The maximum Gasteiger partial charge on any atom is 0.257 e. The predicted octanol–water partition coefficient (Wildman–Crippen LogP) is 2.70. The summed E-state index contributed by atoms with van der Waals surface area (Å²) in [6.07, 6.45) is 6.90. The number of imidazole rings is 1. The van der Waals surface area contributed by atoms with Gasteiger partial charge in [-0.05, 0) is 23.3 Å². The molecule has 2 N–H and O–H groups in total. The molecule has 4 aromatic rings. The van der Waals surface area contributed by atoms with Gasteiger partial charge in [0, 0.05) is 42.6 Å². The molecule has 6 nitrogen and oxygen atoms in total. The number of carbonyl (C=O) groups excluding carboxylic acids is 1. The number of H-pyrrole nitrogens is 1. The second-order valence-electron chi connectivity index (χ2n) is 6.31. The maximum absolute atomic E-state index is 12.5. The van der Waals surface area contributed by atoms with Crippen LogP contribution in [0.15, 0.2) is 78.2 Å². The van der Waals surface area contributed by atoms with E-state index in [0.29, 0.717) is 17.4 Å². The molecule has 1 amide bonds. The van der Waals surface area contributed by atoms with Gasteiger partial charge >= 0.3 is 0 Å². The third-order valence-electron chi connectivity index (χ3n) is 4.43. The molecule has 2 heterocycles. The van der Waals surface area contributed by atoms with Crippen LogP contribution < -0.4 is 10.7 Å². The third kappa shape index (κ3) is 3.64. The van der Waals surface area contributed by atoms with E-state index in [9.17, 15) is 9.59 Å². The zero-order valence-corrected chi connectivity index (χ0v) is 14.6. The van der Waals surface area contributed by atoms with E-state index < -0.39 is 0 Å². The van der Waals surface area contributed by atoms with Gasteiger partial charge in [0.15, 0.2) is 0 Å². The summed E-state index contributed by atoms with van der Waals surface area (Å²) in [5.41, 5.74) is 2.68. The summed E-state index contributed by atoms with van der Waals surface area (Å²) in [4.78, 5) is 31.9. The first kappa shape index (κ1) is 16.8. The molecule has 2 aromatic heterocycles. The van der Waals surface area contributed by atoms with Crippen LogP contribution in [0.5, 0.6) is 0 Å². The van der Waals surface area contributed by atoms with E-state index in [-0.39, 0.29) is 16.9 Å². The zero-order valence-electron chi connectivity index (χ0n) is 14.6. The lowest BCUT2D eigenvalue weighted by atomic mass is 10.1. The second-order valence-corrected chi connectivity index (χ2v) is 6.31. The first-order valence-corrected chi connectivity index (χ1v) is 8.63. The lowest BCUT2D eigenvalue weighted by Gasteiger charge is -2.08. The Morgan fingerprint density at radius 1 is 1.07 bits per heavy atom. The van der Waals surface area contributed by atoms with Gasteiger partial charge in [0.05, 0.1) is 6.33 Å². The van der Waals surface area contributed by atoms with Gasteiger partial charge in [-0.15, -0.1) is 0 Å². The first-order valence-electron chi connectivity index (χ1n) is 8.63. The molecule has 0 spiro atoms. The molecule has 2 aromatic carbocycles. The Labute approximate surface area is 155 Å². The van der Waals surface area contributed by atoms with Gasteiger partial charge < -0.3 is 14.9 Å². The van der Waals surface area contributed by atoms with Gasteiger partial charge in [-0.1, -0.05) is 36.4 Å². The number of rotatable bonds is 5. The van der Waals surface area contributed by atoms with Crippen molar-refractivity contribution < 1.29 is 4.79 Å². The van der Waals surface area contributed by atoms with Gasteiger partial charge in [-0.25, -0.2) is 4.98 Å². The molecule has 6 heteroatoms. The highest BCUT2D eigenvalue weighted by molar-refractivity contribution is 5.97. The molecule has 134 valence electrons. The molecular formula is C21H18N4O2. The number of aromatic nitrogens is 3. The molecule has 0 radical (unpaired) electrons. The van der Waals surface area contributed by atoms with Crippen LogP contribution in [0, 0.1) is 0 Å². The topological polar surface area (TPSA) is 79.8 Å². The van der Waals surface area contributed by atoms with Crippen LogP contribution in [0.4, 0.5) is 0 Å². The quantitative estimate of drug-likeness (QED) is 0.576. The number of amides is 1. The van der Waals surface area contributed by atoms with E-state index >= 15 is 0 Å². The van der Waals surface area contributed by atoms with Crippen molar-refractivity contribution in [2.24, 2.45) is 0 Å². The molecule has 0 aliphatic heterocycles.